The van der Waals surface area contributed by atoms with Crippen LogP contribution in [-0.4, -0.2) is 39.9 Å². The molecule has 0 aliphatic heterocycles. The van der Waals surface area contributed by atoms with Gasteiger partial charge in [-0.05, 0) is 55.0 Å². The Hall–Kier alpha value is -3.10. The van der Waals surface area contributed by atoms with E-state index in [1.807, 2.05) is 0 Å². The maximum absolute atomic E-state index is 14.0. The predicted octanol–water partition coefficient (Wildman–Crippen LogP) is 4.65. The Balaban J connectivity index is 1.99. The molecule has 0 N–H and O–H groups in total. The topological polar surface area (TPSA) is 66.9 Å². The van der Waals surface area contributed by atoms with Crippen molar-refractivity contribution in [2.45, 2.75) is 18.4 Å². The van der Waals surface area contributed by atoms with Gasteiger partial charge in [0.25, 0.3) is 10.0 Å². The van der Waals surface area contributed by atoms with E-state index in [2.05, 4.69) is 0 Å². The fourth-order valence-corrected chi connectivity index (χ4v) is 5.02. The van der Waals surface area contributed by atoms with Crippen molar-refractivity contribution in [2.75, 3.05) is 25.0 Å². The summed E-state index contributed by atoms with van der Waals surface area (Å²) >= 11 is 5.98. The molecule has 9 heteroatoms. The van der Waals surface area contributed by atoms with E-state index in [1.54, 1.807) is 49.4 Å². The van der Waals surface area contributed by atoms with Gasteiger partial charge in [0, 0.05) is 24.2 Å². The number of aryl methyl sites for hydroxylation is 1. The molecule has 33 heavy (non-hydrogen) atoms. The van der Waals surface area contributed by atoms with Gasteiger partial charge in [-0.25, -0.2) is 12.8 Å². The number of hydrogen-bond acceptors (Lipinski definition) is 4. The zero-order valence-corrected chi connectivity index (χ0v) is 20.0. The Bertz CT molecular complexity index is 1250. The molecular weight excluding hydrogens is 467 g/mol. The number of nitrogens with zero attached hydrogens (tertiary/aromatic N) is 2. The zero-order valence-electron chi connectivity index (χ0n) is 18.5. The van der Waals surface area contributed by atoms with Gasteiger partial charge < -0.3 is 9.64 Å². The molecule has 0 unspecified atom stereocenters. The summed E-state index contributed by atoms with van der Waals surface area (Å²) in [5.41, 5.74) is 1.30. The Labute approximate surface area is 198 Å². The van der Waals surface area contributed by atoms with Crippen LogP contribution >= 0.6 is 11.6 Å². The van der Waals surface area contributed by atoms with Crippen LogP contribution in [0.5, 0.6) is 5.75 Å². The maximum atomic E-state index is 14.0. The van der Waals surface area contributed by atoms with Crippen molar-refractivity contribution in [3.8, 4) is 5.75 Å². The van der Waals surface area contributed by atoms with Crippen molar-refractivity contribution in [1.29, 1.82) is 0 Å². The van der Waals surface area contributed by atoms with E-state index in [0.717, 1.165) is 4.31 Å². The molecule has 0 heterocycles. The van der Waals surface area contributed by atoms with E-state index in [1.165, 1.54) is 43.3 Å². The molecule has 0 saturated carbocycles. The number of carbonyl (C=O) groups is 1. The van der Waals surface area contributed by atoms with Crippen LogP contribution in [0.1, 0.15) is 11.1 Å². The Morgan fingerprint density at radius 1 is 1.06 bits per heavy atom. The van der Waals surface area contributed by atoms with Crippen molar-refractivity contribution in [2.24, 2.45) is 0 Å². The van der Waals surface area contributed by atoms with E-state index < -0.39 is 28.3 Å². The minimum absolute atomic E-state index is 0.00617. The van der Waals surface area contributed by atoms with Gasteiger partial charge >= 0.3 is 0 Å². The van der Waals surface area contributed by atoms with Crippen LogP contribution in [0.3, 0.4) is 0 Å². The number of rotatable bonds is 8. The first kappa shape index (κ1) is 24.5. The number of halogens is 2. The van der Waals surface area contributed by atoms with Gasteiger partial charge in [-0.15, -0.1) is 0 Å². The Morgan fingerprint density at radius 2 is 1.73 bits per heavy atom. The summed E-state index contributed by atoms with van der Waals surface area (Å²) in [5.74, 6) is -0.793. The predicted molar refractivity (Wildman–Crippen MR) is 127 cm³/mol. The third-order valence-corrected chi connectivity index (χ3v) is 7.12. The van der Waals surface area contributed by atoms with Crippen molar-refractivity contribution in [1.82, 2.24) is 4.90 Å². The summed E-state index contributed by atoms with van der Waals surface area (Å²) in [6, 6.07) is 17.0. The zero-order chi connectivity index (χ0) is 24.2. The molecule has 0 atom stereocenters. The van der Waals surface area contributed by atoms with Crippen molar-refractivity contribution < 1.29 is 22.3 Å². The normalized spacial score (nSPS) is 11.2. The van der Waals surface area contributed by atoms with E-state index in [-0.39, 0.29) is 22.9 Å². The molecule has 3 aromatic rings. The largest absolute Gasteiger partial charge is 0.495 e. The fourth-order valence-electron chi connectivity index (χ4n) is 3.24. The van der Waals surface area contributed by atoms with Crippen LogP contribution in [0, 0.1) is 12.7 Å². The highest BCUT2D eigenvalue weighted by Gasteiger charge is 2.31. The lowest BCUT2D eigenvalue weighted by atomic mass is 10.2. The number of ether oxygens (including phenoxy) is 1. The lowest BCUT2D eigenvalue weighted by Crippen LogP contribution is -2.41. The molecule has 0 aliphatic rings. The first-order chi connectivity index (χ1) is 15.6. The molecule has 0 aromatic heterocycles. The summed E-state index contributed by atoms with van der Waals surface area (Å²) in [4.78, 5) is 14.3. The summed E-state index contributed by atoms with van der Waals surface area (Å²) in [6.07, 6.45) is 0. The number of methoxy groups -OCH3 is 1. The molecule has 0 bridgehead atoms. The molecule has 0 spiro atoms. The van der Waals surface area contributed by atoms with Crippen LogP contribution < -0.4 is 9.04 Å². The van der Waals surface area contributed by atoms with Gasteiger partial charge in [-0.2, -0.15) is 0 Å². The fraction of sp³-hybridized carbons (Fsp3) is 0.208. The highest BCUT2D eigenvalue weighted by Crippen LogP contribution is 2.31. The SMILES string of the molecule is COc1ccc(C)cc1S(=O)(=O)N(CC(=O)N(C)Cc1ccccc1F)c1ccc(Cl)cc1. The van der Waals surface area contributed by atoms with Crippen LogP contribution in [0.25, 0.3) is 0 Å². The highest BCUT2D eigenvalue weighted by atomic mass is 35.5. The number of anilines is 1. The molecule has 174 valence electrons. The standard InChI is InChI=1S/C24H24ClFN2O4S/c1-17-8-13-22(32-3)23(14-17)33(30,31)28(20-11-9-19(25)10-12-20)16-24(29)27(2)15-18-6-4-5-7-21(18)26/h4-14H,15-16H2,1-3H3. The van der Waals surface area contributed by atoms with Gasteiger partial charge in [0.05, 0.1) is 12.8 Å². The number of benzene rings is 3. The van der Waals surface area contributed by atoms with Gasteiger partial charge in [0.2, 0.25) is 5.91 Å². The molecule has 0 radical (unpaired) electrons. The summed E-state index contributed by atoms with van der Waals surface area (Å²) in [5, 5.41) is 0.423. The third-order valence-electron chi connectivity index (χ3n) is 5.07. The van der Waals surface area contributed by atoms with Gasteiger partial charge in [0.1, 0.15) is 23.0 Å². The van der Waals surface area contributed by atoms with Crippen LogP contribution in [0.15, 0.2) is 71.6 Å². The number of amides is 1. The van der Waals surface area contributed by atoms with E-state index in [4.69, 9.17) is 16.3 Å². The lowest BCUT2D eigenvalue weighted by molar-refractivity contribution is -0.128. The van der Waals surface area contributed by atoms with E-state index in [9.17, 15) is 17.6 Å². The summed E-state index contributed by atoms with van der Waals surface area (Å²) in [6.45, 7) is 1.26. The second-order valence-corrected chi connectivity index (χ2v) is 9.75. The molecule has 3 rings (SSSR count). The molecule has 3 aromatic carbocycles. The lowest BCUT2D eigenvalue weighted by Gasteiger charge is -2.27. The average molecular weight is 491 g/mol. The second-order valence-electron chi connectivity index (χ2n) is 7.48. The van der Waals surface area contributed by atoms with Crippen molar-refractivity contribution in [3.05, 3.63) is 88.7 Å². The highest BCUT2D eigenvalue weighted by molar-refractivity contribution is 7.93. The molecule has 6 nitrogen and oxygen atoms in total. The van der Waals surface area contributed by atoms with Crippen LogP contribution in [0.2, 0.25) is 5.02 Å². The number of hydrogen-bond donors (Lipinski definition) is 0. The number of sulfonamides is 1. The molecule has 1 amide bonds. The minimum Gasteiger partial charge on any atom is -0.495 e. The third kappa shape index (κ3) is 5.64. The van der Waals surface area contributed by atoms with Gasteiger partial charge in [-0.1, -0.05) is 35.9 Å². The van der Waals surface area contributed by atoms with E-state index in [0.29, 0.717) is 16.1 Å². The Morgan fingerprint density at radius 3 is 2.36 bits per heavy atom. The van der Waals surface area contributed by atoms with Crippen molar-refractivity contribution in [3.63, 3.8) is 0 Å². The molecular formula is C24H24ClFN2O4S. The van der Waals surface area contributed by atoms with Crippen LogP contribution in [-0.2, 0) is 21.4 Å². The van der Waals surface area contributed by atoms with Crippen molar-refractivity contribution >= 4 is 33.2 Å². The Kier molecular flexibility index (Phi) is 7.61. The van der Waals surface area contributed by atoms with Gasteiger partial charge in [-0.3, -0.25) is 9.10 Å². The first-order valence-electron chi connectivity index (χ1n) is 10.0. The molecule has 0 saturated heterocycles. The average Bonchev–Trinajstić information content (AvgIpc) is 2.79. The number of likely N-dealkylation sites (N-methyl/N-ethyl adjacent to an activating group) is 1. The van der Waals surface area contributed by atoms with Gasteiger partial charge in [0.15, 0.2) is 0 Å². The molecule has 0 aliphatic carbocycles. The smallest absolute Gasteiger partial charge is 0.268 e. The minimum atomic E-state index is -4.20. The summed E-state index contributed by atoms with van der Waals surface area (Å²) < 4.78 is 47.7. The quantitative estimate of drug-likeness (QED) is 0.461. The van der Waals surface area contributed by atoms with E-state index >= 15 is 0 Å². The first-order valence-corrected chi connectivity index (χ1v) is 11.9. The maximum Gasteiger partial charge on any atom is 0.268 e. The van der Waals surface area contributed by atoms with Crippen LogP contribution in [0.4, 0.5) is 10.1 Å². The monoisotopic (exact) mass is 490 g/mol. The molecule has 0 fully saturated rings. The number of carbonyl (C=O) groups excluding carboxylic acids is 1. The summed E-state index contributed by atoms with van der Waals surface area (Å²) in [7, 11) is -1.32. The second kappa shape index (κ2) is 10.2.